The highest BCUT2D eigenvalue weighted by molar-refractivity contribution is 5.80. The lowest BCUT2D eigenvalue weighted by Crippen LogP contribution is -2.53. The molecule has 0 aromatic heterocycles. The minimum Gasteiger partial charge on any atom is -0.484 e. The van der Waals surface area contributed by atoms with Gasteiger partial charge >= 0.3 is 0 Å². The number of benzene rings is 1. The van der Waals surface area contributed by atoms with E-state index in [1.807, 2.05) is 36.1 Å². The van der Waals surface area contributed by atoms with E-state index in [-0.39, 0.29) is 18.4 Å². The number of aryl methyl sites for hydroxylation is 1. The zero-order chi connectivity index (χ0) is 17.6. The number of hydrogen-bond acceptors (Lipinski definition) is 3. The van der Waals surface area contributed by atoms with Gasteiger partial charge in [0.2, 0.25) is 5.91 Å². The number of nitrogens with zero attached hydrogens (tertiary/aromatic N) is 2. The summed E-state index contributed by atoms with van der Waals surface area (Å²) in [4.78, 5) is 28.6. The van der Waals surface area contributed by atoms with Gasteiger partial charge in [-0.2, -0.15) is 0 Å². The van der Waals surface area contributed by atoms with Crippen LogP contribution in [0.5, 0.6) is 5.75 Å². The second-order valence-electron chi connectivity index (χ2n) is 7.14. The maximum atomic E-state index is 12.6. The van der Waals surface area contributed by atoms with Crippen molar-refractivity contribution in [3.63, 3.8) is 0 Å². The third-order valence-corrected chi connectivity index (χ3v) is 5.28. The monoisotopic (exact) mass is 344 g/mol. The van der Waals surface area contributed by atoms with Crippen LogP contribution in [0.25, 0.3) is 0 Å². The SMILES string of the molecule is Cc1ccc(OCC(=O)N2CCN(C(=O)C3CCCCC3)CC2)cc1. The van der Waals surface area contributed by atoms with Gasteiger partial charge in [-0.3, -0.25) is 9.59 Å². The summed E-state index contributed by atoms with van der Waals surface area (Å²) in [6, 6.07) is 7.69. The first-order valence-corrected chi connectivity index (χ1v) is 9.39. The van der Waals surface area contributed by atoms with Crippen LogP contribution in [0.15, 0.2) is 24.3 Å². The van der Waals surface area contributed by atoms with Gasteiger partial charge in [0.15, 0.2) is 6.61 Å². The summed E-state index contributed by atoms with van der Waals surface area (Å²) in [5.41, 5.74) is 1.16. The van der Waals surface area contributed by atoms with Crippen LogP contribution < -0.4 is 4.74 Å². The Morgan fingerprint density at radius 3 is 2.20 bits per heavy atom. The molecule has 1 saturated heterocycles. The van der Waals surface area contributed by atoms with Crippen molar-refractivity contribution in [3.8, 4) is 5.75 Å². The van der Waals surface area contributed by atoms with Gasteiger partial charge in [-0.25, -0.2) is 0 Å². The minimum atomic E-state index is -0.00894. The van der Waals surface area contributed by atoms with Crippen molar-refractivity contribution in [1.82, 2.24) is 9.80 Å². The zero-order valence-electron chi connectivity index (χ0n) is 15.1. The fourth-order valence-electron chi connectivity index (χ4n) is 3.65. The summed E-state index contributed by atoms with van der Waals surface area (Å²) < 4.78 is 5.57. The highest BCUT2D eigenvalue weighted by Gasteiger charge is 2.29. The lowest BCUT2D eigenvalue weighted by Gasteiger charge is -2.37. The molecule has 0 radical (unpaired) electrons. The highest BCUT2D eigenvalue weighted by Crippen LogP contribution is 2.25. The molecule has 1 saturated carbocycles. The van der Waals surface area contributed by atoms with E-state index in [0.717, 1.165) is 18.4 Å². The van der Waals surface area contributed by atoms with Crippen molar-refractivity contribution in [2.45, 2.75) is 39.0 Å². The van der Waals surface area contributed by atoms with Crippen molar-refractivity contribution in [1.29, 1.82) is 0 Å². The van der Waals surface area contributed by atoms with Crippen LogP contribution in [0, 0.1) is 12.8 Å². The zero-order valence-corrected chi connectivity index (χ0v) is 15.1. The predicted octanol–water partition coefficient (Wildman–Crippen LogP) is 2.62. The van der Waals surface area contributed by atoms with Crippen LogP contribution in [0.2, 0.25) is 0 Å². The van der Waals surface area contributed by atoms with Gasteiger partial charge in [0.05, 0.1) is 0 Å². The Labute approximate surface area is 149 Å². The average molecular weight is 344 g/mol. The van der Waals surface area contributed by atoms with Gasteiger partial charge in [-0.15, -0.1) is 0 Å². The largest absolute Gasteiger partial charge is 0.484 e. The first kappa shape index (κ1) is 17.8. The summed E-state index contributed by atoms with van der Waals surface area (Å²) in [6.45, 7) is 4.57. The summed E-state index contributed by atoms with van der Waals surface area (Å²) in [5, 5.41) is 0. The Balaban J connectivity index is 1.42. The van der Waals surface area contributed by atoms with Crippen molar-refractivity contribution >= 4 is 11.8 Å². The van der Waals surface area contributed by atoms with Crippen LogP contribution >= 0.6 is 0 Å². The van der Waals surface area contributed by atoms with E-state index in [4.69, 9.17) is 4.74 Å². The molecule has 1 aromatic carbocycles. The van der Waals surface area contributed by atoms with Crippen LogP contribution in [0.1, 0.15) is 37.7 Å². The van der Waals surface area contributed by atoms with Gasteiger partial charge in [0, 0.05) is 32.1 Å². The van der Waals surface area contributed by atoms with Crippen molar-refractivity contribution in [3.05, 3.63) is 29.8 Å². The molecule has 2 aliphatic rings. The predicted molar refractivity (Wildman–Crippen MR) is 96.4 cm³/mol. The molecular weight excluding hydrogens is 316 g/mol. The Morgan fingerprint density at radius 2 is 1.56 bits per heavy atom. The Bertz CT molecular complexity index is 585. The number of hydrogen-bond donors (Lipinski definition) is 0. The lowest BCUT2D eigenvalue weighted by molar-refractivity contribution is -0.143. The fraction of sp³-hybridized carbons (Fsp3) is 0.600. The van der Waals surface area contributed by atoms with Gasteiger partial charge in [0.1, 0.15) is 5.75 Å². The Hall–Kier alpha value is -2.04. The van der Waals surface area contributed by atoms with Crippen LogP contribution in [0.4, 0.5) is 0 Å². The molecule has 5 heteroatoms. The molecule has 1 heterocycles. The molecule has 5 nitrogen and oxygen atoms in total. The number of carbonyl (C=O) groups is 2. The average Bonchev–Trinajstić information content (AvgIpc) is 2.67. The van der Waals surface area contributed by atoms with Crippen molar-refractivity contribution in [2.75, 3.05) is 32.8 Å². The first-order chi connectivity index (χ1) is 12.1. The maximum absolute atomic E-state index is 12.6. The smallest absolute Gasteiger partial charge is 0.260 e. The number of ether oxygens (including phenoxy) is 1. The Morgan fingerprint density at radius 1 is 0.960 bits per heavy atom. The summed E-state index contributed by atoms with van der Waals surface area (Å²) in [5.74, 6) is 1.21. The molecular formula is C20H28N2O3. The van der Waals surface area contributed by atoms with Crippen molar-refractivity contribution < 1.29 is 14.3 Å². The minimum absolute atomic E-state index is 0.00894. The van der Waals surface area contributed by atoms with Crippen LogP contribution in [-0.2, 0) is 9.59 Å². The van der Waals surface area contributed by atoms with Gasteiger partial charge in [0.25, 0.3) is 5.91 Å². The second kappa shape index (κ2) is 8.37. The quantitative estimate of drug-likeness (QED) is 0.844. The third-order valence-electron chi connectivity index (χ3n) is 5.28. The highest BCUT2D eigenvalue weighted by atomic mass is 16.5. The molecule has 1 aliphatic heterocycles. The van der Waals surface area contributed by atoms with E-state index < -0.39 is 0 Å². The normalized spacial score (nSPS) is 18.9. The standard InChI is InChI=1S/C20H28N2O3/c1-16-7-9-18(10-8-16)25-15-19(23)21-11-13-22(14-12-21)20(24)17-5-3-2-4-6-17/h7-10,17H,2-6,11-15H2,1H3. The van der Waals surface area contributed by atoms with E-state index in [0.29, 0.717) is 37.8 Å². The van der Waals surface area contributed by atoms with Gasteiger partial charge < -0.3 is 14.5 Å². The summed E-state index contributed by atoms with van der Waals surface area (Å²) >= 11 is 0. The molecule has 0 unspecified atom stereocenters. The molecule has 1 aromatic rings. The topological polar surface area (TPSA) is 49.9 Å². The maximum Gasteiger partial charge on any atom is 0.260 e. The number of amides is 2. The molecule has 0 bridgehead atoms. The van der Waals surface area contributed by atoms with E-state index in [1.165, 1.54) is 19.3 Å². The first-order valence-electron chi connectivity index (χ1n) is 9.39. The van der Waals surface area contributed by atoms with E-state index in [2.05, 4.69) is 0 Å². The van der Waals surface area contributed by atoms with Gasteiger partial charge in [-0.05, 0) is 31.9 Å². The van der Waals surface area contributed by atoms with Gasteiger partial charge in [-0.1, -0.05) is 37.0 Å². The third kappa shape index (κ3) is 4.74. The summed E-state index contributed by atoms with van der Waals surface area (Å²) in [6.07, 6.45) is 5.66. The molecule has 0 atom stereocenters. The summed E-state index contributed by atoms with van der Waals surface area (Å²) in [7, 11) is 0. The van der Waals surface area contributed by atoms with Crippen molar-refractivity contribution in [2.24, 2.45) is 5.92 Å². The molecule has 0 N–H and O–H groups in total. The second-order valence-corrected chi connectivity index (χ2v) is 7.14. The number of piperazine rings is 1. The molecule has 0 spiro atoms. The lowest BCUT2D eigenvalue weighted by atomic mass is 9.88. The molecule has 2 amide bonds. The van der Waals surface area contributed by atoms with Crippen LogP contribution in [0.3, 0.4) is 0 Å². The fourth-order valence-corrected chi connectivity index (χ4v) is 3.65. The number of rotatable bonds is 4. The number of carbonyl (C=O) groups excluding carboxylic acids is 2. The molecule has 136 valence electrons. The molecule has 25 heavy (non-hydrogen) atoms. The van der Waals surface area contributed by atoms with E-state index in [1.54, 1.807) is 4.90 Å². The van der Waals surface area contributed by atoms with E-state index >= 15 is 0 Å². The Kier molecular flexibility index (Phi) is 5.95. The molecule has 1 aliphatic carbocycles. The van der Waals surface area contributed by atoms with Crippen LogP contribution in [-0.4, -0.2) is 54.4 Å². The molecule has 3 rings (SSSR count). The van der Waals surface area contributed by atoms with E-state index in [9.17, 15) is 9.59 Å². The molecule has 2 fully saturated rings.